The molecule has 0 aliphatic heterocycles. The van der Waals surface area contributed by atoms with Gasteiger partial charge in [0.25, 0.3) is 5.56 Å². The van der Waals surface area contributed by atoms with Gasteiger partial charge in [-0.1, -0.05) is 26.0 Å². The predicted octanol–water partition coefficient (Wildman–Crippen LogP) is 4.02. The molecule has 0 unspecified atom stereocenters. The van der Waals surface area contributed by atoms with Crippen molar-refractivity contribution in [3.05, 3.63) is 70.8 Å². The molecule has 1 heterocycles. The summed E-state index contributed by atoms with van der Waals surface area (Å²) >= 11 is 0. The van der Waals surface area contributed by atoms with Crippen LogP contribution < -0.4 is 25.7 Å². The van der Waals surface area contributed by atoms with E-state index >= 15 is 0 Å². The Morgan fingerprint density at radius 1 is 1.00 bits per heavy atom. The minimum atomic E-state index is -0.609. The lowest BCUT2D eigenvalue weighted by molar-refractivity contribution is 0.262. The fourth-order valence-electron chi connectivity index (χ4n) is 2.87. The molecule has 0 aliphatic carbocycles. The van der Waals surface area contributed by atoms with E-state index in [1.165, 1.54) is 30.5 Å². The number of rotatable bonds is 6. The third-order valence-electron chi connectivity index (χ3n) is 4.52. The molecule has 0 bridgehead atoms. The van der Waals surface area contributed by atoms with Gasteiger partial charge in [0.15, 0.2) is 0 Å². The van der Waals surface area contributed by atoms with Crippen LogP contribution in [0.5, 0.6) is 11.5 Å². The van der Waals surface area contributed by atoms with Crippen LogP contribution in [0.1, 0.15) is 25.3 Å². The highest BCUT2D eigenvalue weighted by Crippen LogP contribution is 2.25. The summed E-state index contributed by atoms with van der Waals surface area (Å²) in [5.74, 6) is 1.35. The number of benzene rings is 2. The monoisotopic (exact) mass is 408 g/mol. The second-order valence-electron chi connectivity index (χ2n) is 6.88. The van der Waals surface area contributed by atoms with Crippen LogP contribution in [0.25, 0.3) is 5.69 Å². The first-order valence-corrected chi connectivity index (χ1v) is 9.40. The zero-order valence-corrected chi connectivity index (χ0v) is 17.3. The highest BCUT2D eigenvalue weighted by molar-refractivity contribution is 5.99. The van der Waals surface area contributed by atoms with Crippen molar-refractivity contribution in [2.45, 2.75) is 19.8 Å². The quantitative estimate of drug-likeness (QED) is 0.642. The molecule has 0 spiro atoms. The van der Waals surface area contributed by atoms with E-state index in [0.29, 0.717) is 28.8 Å². The molecule has 0 fully saturated rings. The van der Waals surface area contributed by atoms with Gasteiger partial charge in [-0.15, -0.1) is 0 Å². The third kappa shape index (κ3) is 4.78. The highest BCUT2D eigenvalue weighted by atomic mass is 16.5. The summed E-state index contributed by atoms with van der Waals surface area (Å²) in [6, 6.07) is 12.0. The number of hydrogen-bond acceptors (Lipinski definition) is 5. The standard InChI is InChI=1S/C22H24N4O4/c1-14(2)15-5-7-17(8-6-15)26-10-9-23-20(21(26)27)25-22(28)24-16-11-18(29-3)13-19(12-16)30-4/h5-14H,1-4H3,(H2,23,24,25,28). The number of urea groups is 1. The predicted molar refractivity (Wildman–Crippen MR) is 116 cm³/mol. The second-order valence-corrected chi connectivity index (χ2v) is 6.88. The van der Waals surface area contributed by atoms with Gasteiger partial charge in [-0.3, -0.25) is 14.7 Å². The van der Waals surface area contributed by atoms with Crippen molar-refractivity contribution in [2.24, 2.45) is 0 Å². The molecular weight excluding hydrogens is 384 g/mol. The van der Waals surface area contributed by atoms with E-state index < -0.39 is 11.6 Å². The molecule has 3 rings (SSSR count). The molecule has 0 radical (unpaired) electrons. The number of anilines is 2. The second kappa shape index (κ2) is 9.13. The zero-order chi connectivity index (χ0) is 21.7. The van der Waals surface area contributed by atoms with Gasteiger partial charge < -0.3 is 14.8 Å². The Balaban J connectivity index is 1.80. The lowest BCUT2D eigenvalue weighted by Crippen LogP contribution is -2.28. The maximum absolute atomic E-state index is 12.8. The minimum Gasteiger partial charge on any atom is -0.497 e. The third-order valence-corrected chi connectivity index (χ3v) is 4.52. The Morgan fingerprint density at radius 3 is 2.20 bits per heavy atom. The number of nitrogens with zero attached hydrogens (tertiary/aromatic N) is 2. The number of methoxy groups -OCH3 is 2. The molecule has 0 saturated carbocycles. The van der Waals surface area contributed by atoms with E-state index in [2.05, 4.69) is 29.5 Å². The average molecular weight is 408 g/mol. The van der Waals surface area contributed by atoms with E-state index in [1.54, 1.807) is 24.4 Å². The fraction of sp³-hybridized carbons (Fsp3) is 0.227. The van der Waals surface area contributed by atoms with E-state index in [9.17, 15) is 9.59 Å². The molecule has 2 N–H and O–H groups in total. The molecule has 2 aromatic carbocycles. The Bertz CT molecular complexity index is 1070. The van der Waals surface area contributed by atoms with Gasteiger partial charge in [0.2, 0.25) is 5.82 Å². The Morgan fingerprint density at radius 2 is 1.63 bits per heavy atom. The highest BCUT2D eigenvalue weighted by Gasteiger charge is 2.12. The number of carbonyl (C=O) groups excluding carboxylic acids is 1. The number of carbonyl (C=O) groups is 1. The van der Waals surface area contributed by atoms with Crippen LogP contribution in [0.2, 0.25) is 0 Å². The van der Waals surface area contributed by atoms with Gasteiger partial charge >= 0.3 is 6.03 Å². The lowest BCUT2D eigenvalue weighted by atomic mass is 10.0. The van der Waals surface area contributed by atoms with Gasteiger partial charge in [0.1, 0.15) is 11.5 Å². The maximum Gasteiger partial charge on any atom is 0.325 e. The molecule has 0 aliphatic rings. The summed E-state index contributed by atoms with van der Waals surface area (Å²) in [6.45, 7) is 4.21. The molecular formula is C22H24N4O4. The first-order valence-electron chi connectivity index (χ1n) is 9.40. The summed E-state index contributed by atoms with van der Waals surface area (Å²) in [5.41, 5.74) is 1.87. The zero-order valence-electron chi connectivity index (χ0n) is 17.3. The molecule has 0 saturated heterocycles. The molecule has 3 aromatic rings. The van der Waals surface area contributed by atoms with Crippen molar-refractivity contribution in [2.75, 3.05) is 24.9 Å². The van der Waals surface area contributed by atoms with Crippen LogP contribution in [0, 0.1) is 0 Å². The topological polar surface area (TPSA) is 94.5 Å². The summed E-state index contributed by atoms with van der Waals surface area (Å²) in [7, 11) is 3.03. The summed E-state index contributed by atoms with van der Waals surface area (Å²) in [4.78, 5) is 29.2. The summed E-state index contributed by atoms with van der Waals surface area (Å²) in [6.07, 6.45) is 3.02. The van der Waals surface area contributed by atoms with Crippen molar-refractivity contribution >= 4 is 17.5 Å². The van der Waals surface area contributed by atoms with Crippen LogP contribution in [0.15, 0.2) is 59.7 Å². The van der Waals surface area contributed by atoms with E-state index in [1.807, 2.05) is 24.3 Å². The average Bonchev–Trinajstić information content (AvgIpc) is 2.75. The van der Waals surface area contributed by atoms with Crippen molar-refractivity contribution in [3.63, 3.8) is 0 Å². The van der Waals surface area contributed by atoms with Crippen molar-refractivity contribution < 1.29 is 14.3 Å². The smallest absolute Gasteiger partial charge is 0.325 e. The Labute approximate surface area is 174 Å². The summed E-state index contributed by atoms with van der Waals surface area (Å²) in [5, 5.41) is 5.15. The van der Waals surface area contributed by atoms with Crippen LogP contribution in [0.3, 0.4) is 0 Å². The number of amides is 2. The van der Waals surface area contributed by atoms with Gasteiger partial charge in [0, 0.05) is 42.0 Å². The molecule has 30 heavy (non-hydrogen) atoms. The lowest BCUT2D eigenvalue weighted by Gasteiger charge is -2.12. The molecule has 1 aromatic heterocycles. The largest absolute Gasteiger partial charge is 0.497 e. The number of aromatic nitrogens is 2. The molecule has 8 nitrogen and oxygen atoms in total. The van der Waals surface area contributed by atoms with Gasteiger partial charge in [-0.2, -0.15) is 0 Å². The molecule has 0 atom stereocenters. The number of ether oxygens (including phenoxy) is 2. The molecule has 156 valence electrons. The van der Waals surface area contributed by atoms with Crippen LogP contribution >= 0.6 is 0 Å². The van der Waals surface area contributed by atoms with Crippen molar-refractivity contribution in [1.82, 2.24) is 9.55 Å². The van der Waals surface area contributed by atoms with Gasteiger partial charge in [-0.05, 0) is 23.6 Å². The van der Waals surface area contributed by atoms with E-state index in [4.69, 9.17) is 9.47 Å². The SMILES string of the molecule is COc1cc(NC(=O)Nc2nccn(-c3ccc(C(C)C)cc3)c2=O)cc(OC)c1. The van der Waals surface area contributed by atoms with Crippen LogP contribution in [-0.2, 0) is 0 Å². The molecule has 8 heteroatoms. The number of hydrogen-bond donors (Lipinski definition) is 2. The van der Waals surface area contributed by atoms with Crippen LogP contribution in [-0.4, -0.2) is 29.8 Å². The first-order chi connectivity index (χ1) is 14.4. The Kier molecular flexibility index (Phi) is 6.36. The van der Waals surface area contributed by atoms with Crippen LogP contribution in [0.4, 0.5) is 16.3 Å². The number of nitrogens with one attached hydrogen (secondary N) is 2. The van der Waals surface area contributed by atoms with E-state index in [0.717, 1.165) is 0 Å². The van der Waals surface area contributed by atoms with Gasteiger partial charge in [-0.25, -0.2) is 9.78 Å². The van der Waals surface area contributed by atoms with Crippen molar-refractivity contribution in [3.8, 4) is 17.2 Å². The minimum absolute atomic E-state index is 0.0854. The van der Waals surface area contributed by atoms with Crippen molar-refractivity contribution in [1.29, 1.82) is 0 Å². The first kappa shape index (κ1) is 20.9. The maximum atomic E-state index is 12.8. The molecule has 2 amide bonds. The summed E-state index contributed by atoms with van der Waals surface area (Å²) < 4.78 is 11.8. The van der Waals surface area contributed by atoms with Gasteiger partial charge in [0.05, 0.1) is 14.2 Å². The fourth-order valence-corrected chi connectivity index (χ4v) is 2.87. The normalized spacial score (nSPS) is 10.6. The Hall–Kier alpha value is -3.81. The van der Waals surface area contributed by atoms with E-state index in [-0.39, 0.29) is 5.82 Å².